The molecule has 1 aromatic carbocycles. The molecule has 5 nitrogen and oxygen atoms in total. The standard InChI is InChI=1S/C16H16F3N3O2/c1-4-12(14(20)21)13(15(23)24-3)22-9(2)10-5-7-11(8-6-10)16(17,18)19/h4-8,22H,1-2H2,3H3,(H3,20,21). The van der Waals surface area contributed by atoms with E-state index in [4.69, 9.17) is 11.1 Å². The van der Waals surface area contributed by atoms with Gasteiger partial charge in [-0.3, -0.25) is 5.41 Å². The van der Waals surface area contributed by atoms with Crippen LogP contribution in [0.15, 0.2) is 54.8 Å². The number of carbonyl (C=O) groups excluding carboxylic acids is 1. The fourth-order valence-corrected chi connectivity index (χ4v) is 1.76. The molecule has 1 aromatic rings. The molecule has 4 N–H and O–H groups in total. The van der Waals surface area contributed by atoms with Crippen molar-refractivity contribution in [1.29, 1.82) is 5.41 Å². The fraction of sp³-hybridized carbons (Fsp3) is 0.125. The molecule has 0 spiro atoms. The Morgan fingerprint density at radius 1 is 1.33 bits per heavy atom. The van der Waals surface area contributed by atoms with Crippen molar-refractivity contribution in [3.63, 3.8) is 0 Å². The summed E-state index contributed by atoms with van der Waals surface area (Å²) in [5.41, 5.74) is 4.80. The van der Waals surface area contributed by atoms with Gasteiger partial charge in [0.25, 0.3) is 0 Å². The Kier molecular flexibility index (Phi) is 5.94. The zero-order chi connectivity index (χ0) is 18.5. The van der Waals surface area contributed by atoms with Crippen molar-refractivity contribution in [2.45, 2.75) is 6.18 Å². The summed E-state index contributed by atoms with van der Waals surface area (Å²) in [7, 11) is 1.13. The highest BCUT2D eigenvalue weighted by Crippen LogP contribution is 2.29. The van der Waals surface area contributed by atoms with Gasteiger partial charge in [0, 0.05) is 11.3 Å². The van der Waals surface area contributed by atoms with Crippen molar-refractivity contribution >= 4 is 17.5 Å². The summed E-state index contributed by atoms with van der Waals surface area (Å²) in [6, 6.07) is 4.19. The van der Waals surface area contributed by atoms with Crippen molar-refractivity contribution in [2.24, 2.45) is 5.73 Å². The summed E-state index contributed by atoms with van der Waals surface area (Å²) in [6.45, 7) is 7.13. The minimum Gasteiger partial charge on any atom is -0.464 e. The van der Waals surface area contributed by atoms with E-state index in [1.54, 1.807) is 0 Å². The van der Waals surface area contributed by atoms with Crippen LogP contribution in [0.5, 0.6) is 0 Å². The number of esters is 1. The molecule has 0 saturated heterocycles. The van der Waals surface area contributed by atoms with Gasteiger partial charge in [-0.1, -0.05) is 31.4 Å². The molecule has 0 aliphatic heterocycles. The zero-order valence-corrected chi connectivity index (χ0v) is 12.8. The van der Waals surface area contributed by atoms with E-state index in [0.29, 0.717) is 5.56 Å². The second-order valence-electron chi connectivity index (χ2n) is 4.58. The van der Waals surface area contributed by atoms with Crippen molar-refractivity contribution in [3.05, 3.63) is 65.9 Å². The number of amidine groups is 1. The Morgan fingerprint density at radius 2 is 1.88 bits per heavy atom. The highest BCUT2D eigenvalue weighted by Gasteiger charge is 2.30. The third kappa shape index (κ3) is 4.48. The van der Waals surface area contributed by atoms with Crippen molar-refractivity contribution in [1.82, 2.24) is 5.32 Å². The molecule has 0 radical (unpaired) electrons. The molecule has 0 aliphatic carbocycles. The van der Waals surface area contributed by atoms with Gasteiger partial charge in [-0.25, -0.2) is 4.79 Å². The monoisotopic (exact) mass is 339 g/mol. The normalized spacial score (nSPS) is 12.0. The summed E-state index contributed by atoms with van der Waals surface area (Å²) >= 11 is 0. The predicted octanol–water partition coefficient (Wildman–Crippen LogP) is 2.81. The number of nitrogens with one attached hydrogen (secondary N) is 2. The SMILES string of the molecule is C=CC(C(=N)N)=C(NC(=C)c1ccc(C(F)(F)F)cc1)C(=O)OC. The first-order valence-corrected chi connectivity index (χ1v) is 6.54. The number of hydrogen-bond donors (Lipinski definition) is 3. The third-order valence-corrected chi connectivity index (χ3v) is 2.99. The van der Waals surface area contributed by atoms with E-state index in [-0.39, 0.29) is 17.0 Å². The van der Waals surface area contributed by atoms with Crippen molar-refractivity contribution < 1.29 is 22.7 Å². The number of rotatable bonds is 6. The van der Waals surface area contributed by atoms with Crippen LogP contribution < -0.4 is 11.1 Å². The molecule has 0 atom stereocenters. The smallest absolute Gasteiger partial charge is 0.416 e. The molecule has 24 heavy (non-hydrogen) atoms. The van der Waals surface area contributed by atoms with Crippen LogP contribution in [0.2, 0.25) is 0 Å². The lowest BCUT2D eigenvalue weighted by Crippen LogP contribution is -2.26. The second-order valence-corrected chi connectivity index (χ2v) is 4.58. The number of hydrogen-bond acceptors (Lipinski definition) is 4. The van der Waals surface area contributed by atoms with Crippen LogP contribution in [0.4, 0.5) is 13.2 Å². The van der Waals surface area contributed by atoms with E-state index in [2.05, 4.69) is 23.2 Å². The van der Waals surface area contributed by atoms with Gasteiger partial charge in [-0.15, -0.1) is 0 Å². The molecule has 0 aromatic heterocycles. The topological polar surface area (TPSA) is 88.2 Å². The van der Waals surface area contributed by atoms with Gasteiger partial charge in [0.2, 0.25) is 0 Å². The Morgan fingerprint density at radius 3 is 2.25 bits per heavy atom. The fourth-order valence-electron chi connectivity index (χ4n) is 1.76. The molecule has 8 heteroatoms. The van der Waals surface area contributed by atoms with Crippen LogP contribution in [0, 0.1) is 5.41 Å². The number of methoxy groups -OCH3 is 1. The Hall–Kier alpha value is -3.03. The average molecular weight is 339 g/mol. The van der Waals surface area contributed by atoms with E-state index in [1.807, 2.05) is 0 Å². The van der Waals surface area contributed by atoms with Crippen LogP contribution in [0.25, 0.3) is 5.70 Å². The first-order chi connectivity index (χ1) is 11.1. The molecular weight excluding hydrogens is 323 g/mol. The molecule has 0 heterocycles. The number of benzene rings is 1. The Bertz CT molecular complexity index is 704. The van der Waals surface area contributed by atoms with Crippen LogP contribution >= 0.6 is 0 Å². The summed E-state index contributed by atoms with van der Waals surface area (Å²) in [5, 5.41) is 10.1. The molecule has 128 valence electrons. The van der Waals surface area contributed by atoms with E-state index in [9.17, 15) is 18.0 Å². The lowest BCUT2D eigenvalue weighted by molar-refractivity contribution is -0.138. The quantitative estimate of drug-likeness (QED) is 0.244. The van der Waals surface area contributed by atoms with Gasteiger partial charge < -0.3 is 15.8 Å². The van der Waals surface area contributed by atoms with Crippen LogP contribution in [-0.4, -0.2) is 18.9 Å². The second kappa shape index (κ2) is 7.49. The highest BCUT2D eigenvalue weighted by molar-refractivity contribution is 6.05. The predicted molar refractivity (Wildman–Crippen MR) is 84.8 cm³/mol. The summed E-state index contributed by atoms with van der Waals surface area (Å²) in [5.74, 6) is -1.26. The molecule has 1 rings (SSSR count). The Labute approximate surface area is 136 Å². The Balaban J connectivity index is 3.16. The number of alkyl halides is 3. The maximum atomic E-state index is 12.6. The number of nitrogens with two attached hydrogens (primary N) is 1. The molecule has 0 saturated carbocycles. The molecule has 0 fully saturated rings. The van der Waals surface area contributed by atoms with E-state index in [1.165, 1.54) is 18.2 Å². The number of halogens is 3. The van der Waals surface area contributed by atoms with Crippen LogP contribution in [-0.2, 0) is 15.7 Å². The van der Waals surface area contributed by atoms with Crippen molar-refractivity contribution in [3.8, 4) is 0 Å². The van der Waals surface area contributed by atoms with Gasteiger partial charge >= 0.3 is 12.1 Å². The van der Waals surface area contributed by atoms with Crippen LogP contribution in [0.3, 0.4) is 0 Å². The van der Waals surface area contributed by atoms with E-state index < -0.39 is 23.5 Å². The molecule has 0 amide bonds. The van der Waals surface area contributed by atoms with E-state index >= 15 is 0 Å². The average Bonchev–Trinajstić information content (AvgIpc) is 2.52. The first kappa shape index (κ1) is 19.0. The largest absolute Gasteiger partial charge is 0.464 e. The lowest BCUT2D eigenvalue weighted by Gasteiger charge is -2.15. The van der Waals surface area contributed by atoms with Crippen molar-refractivity contribution in [2.75, 3.05) is 7.11 Å². The third-order valence-electron chi connectivity index (χ3n) is 2.99. The molecule has 0 unspecified atom stereocenters. The van der Waals surface area contributed by atoms with Crippen LogP contribution in [0.1, 0.15) is 11.1 Å². The number of carbonyl (C=O) groups is 1. The summed E-state index contributed by atoms with van der Waals surface area (Å²) in [4.78, 5) is 11.8. The molecule has 0 aliphatic rings. The summed E-state index contributed by atoms with van der Waals surface area (Å²) < 4.78 is 42.3. The van der Waals surface area contributed by atoms with Gasteiger partial charge in [0.15, 0.2) is 0 Å². The maximum Gasteiger partial charge on any atom is 0.416 e. The van der Waals surface area contributed by atoms with E-state index in [0.717, 1.165) is 19.2 Å². The summed E-state index contributed by atoms with van der Waals surface area (Å²) in [6.07, 6.45) is -3.27. The van der Waals surface area contributed by atoms with Gasteiger partial charge in [-0.05, 0) is 17.7 Å². The lowest BCUT2D eigenvalue weighted by atomic mass is 10.1. The maximum absolute atomic E-state index is 12.6. The van der Waals surface area contributed by atoms with Gasteiger partial charge in [0.05, 0.1) is 12.7 Å². The first-order valence-electron chi connectivity index (χ1n) is 6.54. The van der Waals surface area contributed by atoms with Gasteiger partial charge in [0.1, 0.15) is 11.5 Å². The molecular formula is C16H16F3N3O2. The highest BCUT2D eigenvalue weighted by atomic mass is 19.4. The minimum absolute atomic E-state index is 0.0186. The minimum atomic E-state index is -4.45. The zero-order valence-electron chi connectivity index (χ0n) is 12.8. The van der Waals surface area contributed by atoms with Gasteiger partial charge in [-0.2, -0.15) is 13.2 Å². The molecule has 0 bridgehead atoms. The number of ether oxygens (including phenoxy) is 1.